The fraction of sp³-hybridized carbons (Fsp3) is 0.130. The van der Waals surface area contributed by atoms with Gasteiger partial charge in [-0.3, -0.25) is 9.52 Å². The molecule has 0 atom stereocenters. The van der Waals surface area contributed by atoms with Crippen molar-refractivity contribution in [1.82, 2.24) is 19.7 Å². The van der Waals surface area contributed by atoms with E-state index in [1.165, 1.54) is 6.07 Å². The third kappa shape index (κ3) is 4.59. The van der Waals surface area contributed by atoms with E-state index in [9.17, 15) is 13.2 Å². The quantitative estimate of drug-likeness (QED) is 0.436. The summed E-state index contributed by atoms with van der Waals surface area (Å²) in [7, 11) is -3.80. The average Bonchev–Trinajstić information content (AvgIpc) is 3.35. The maximum absolute atomic E-state index is 12.9. The molecule has 1 amide bonds. The minimum absolute atomic E-state index is 0.0710. The number of sulfonamides is 1. The molecular weight excluding hydrogens is 456 g/mol. The first kappa shape index (κ1) is 21.6. The maximum atomic E-state index is 12.9. The summed E-state index contributed by atoms with van der Waals surface area (Å²) in [5, 5.41) is 6.91. The molecule has 0 radical (unpaired) electrons. The number of nitrogens with zero attached hydrogens (tertiary/aromatic N) is 4. The van der Waals surface area contributed by atoms with Gasteiger partial charge in [-0.1, -0.05) is 0 Å². The van der Waals surface area contributed by atoms with Gasteiger partial charge in [0.1, 0.15) is 11.6 Å². The van der Waals surface area contributed by atoms with Crippen LogP contribution in [0.5, 0.6) is 11.6 Å². The van der Waals surface area contributed by atoms with Gasteiger partial charge in [0, 0.05) is 36.3 Å². The Morgan fingerprint density at radius 2 is 1.88 bits per heavy atom. The third-order valence-electron chi connectivity index (χ3n) is 5.15. The van der Waals surface area contributed by atoms with Crippen LogP contribution in [-0.4, -0.2) is 34.1 Å². The monoisotopic (exact) mass is 476 g/mol. The SMILES string of the molecule is Cc1nc(Oc2ccc(NS(=O)(=O)c3ccc4c(c3)CCC(=O)N4)cc2)cc(-n2cccn2)n1. The van der Waals surface area contributed by atoms with Gasteiger partial charge in [-0.2, -0.15) is 10.1 Å². The molecule has 10 nitrogen and oxygen atoms in total. The number of hydrogen-bond donors (Lipinski definition) is 2. The molecule has 0 aliphatic carbocycles. The molecular formula is C23H20N6O4S. The molecule has 0 unspecified atom stereocenters. The molecule has 0 saturated heterocycles. The van der Waals surface area contributed by atoms with Crippen molar-refractivity contribution < 1.29 is 17.9 Å². The number of nitrogens with one attached hydrogen (secondary N) is 2. The lowest BCUT2D eigenvalue weighted by Crippen LogP contribution is -2.20. The molecule has 1 aliphatic rings. The highest BCUT2D eigenvalue weighted by molar-refractivity contribution is 7.92. The van der Waals surface area contributed by atoms with Crippen LogP contribution in [0.3, 0.4) is 0 Å². The second-order valence-corrected chi connectivity index (χ2v) is 9.34. The summed E-state index contributed by atoms with van der Waals surface area (Å²) >= 11 is 0. The zero-order valence-electron chi connectivity index (χ0n) is 18.1. The van der Waals surface area contributed by atoms with Crippen LogP contribution >= 0.6 is 0 Å². The van der Waals surface area contributed by atoms with Gasteiger partial charge in [0.05, 0.1) is 4.90 Å². The van der Waals surface area contributed by atoms with E-state index < -0.39 is 10.0 Å². The number of hydrogen-bond acceptors (Lipinski definition) is 7. The first-order valence-electron chi connectivity index (χ1n) is 10.4. The second kappa shape index (κ2) is 8.60. The fourth-order valence-corrected chi connectivity index (χ4v) is 4.66. The standard InChI is InChI=1S/C23H20N6O4S/c1-15-25-21(29-12-2-11-24-29)14-23(26-15)33-18-6-4-17(5-7-18)28-34(31,32)19-8-9-20-16(13-19)3-10-22(30)27-20/h2,4-9,11-14,28H,3,10H2,1H3,(H,27,30). The predicted molar refractivity (Wildman–Crippen MR) is 125 cm³/mol. The van der Waals surface area contributed by atoms with Crippen LogP contribution in [0.1, 0.15) is 17.8 Å². The Kier molecular flexibility index (Phi) is 5.46. The lowest BCUT2D eigenvalue weighted by Gasteiger charge is -2.18. The Morgan fingerprint density at radius 3 is 2.65 bits per heavy atom. The average molecular weight is 477 g/mol. The van der Waals surface area contributed by atoms with Gasteiger partial charge in [0.15, 0.2) is 5.82 Å². The van der Waals surface area contributed by atoms with Crippen molar-refractivity contribution in [1.29, 1.82) is 0 Å². The van der Waals surface area contributed by atoms with Crippen molar-refractivity contribution in [2.45, 2.75) is 24.7 Å². The molecule has 2 aromatic carbocycles. The van der Waals surface area contributed by atoms with Crippen LogP contribution in [0.4, 0.5) is 11.4 Å². The van der Waals surface area contributed by atoms with E-state index in [0.29, 0.717) is 47.5 Å². The lowest BCUT2D eigenvalue weighted by atomic mass is 10.0. The molecule has 172 valence electrons. The maximum Gasteiger partial charge on any atom is 0.261 e. The van der Waals surface area contributed by atoms with Crippen molar-refractivity contribution in [2.75, 3.05) is 10.0 Å². The van der Waals surface area contributed by atoms with E-state index in [1.54, 1.807) is 72.5 Å². The van der Waals surface area contributed by atoms with Crippen LogP contribution in [-0.2, 0) is 21.2 Å². The summed E-state index contributed by atoms with van der Waals surface area (Å²) in [4.78, 5) is 20.3. The van der Waals surface area contributed by atoms with E-state index in [1.807, 2.05) is 0 Å². The van der Waals surface area contributed by atoms with Gasteiger partial charge in [-0.25, -0.2) is 18.1 Å². The number of fused-ring (bicyclic) bond motifs is 1. The number of amides is 1. The van der Waals surface area contributed by atoms with Gasteiger partial charge >= 0.3 is 0 Å². The van der Waals surface area contributed by atoms with Crippen LogP contribution in [0, 0.1) is 6.92 Å². The molecule has 1 aliphatic heterocycles. The highest BCUT2D eigenvalue weighted by Crippen LogP contribution is 2.28. The smallest absolute Gasteiger partial charge is 0.261 e. The number of carbonyl (C=O) groups excluding carboxylic acids is 1. The summed E-state index contributed by atoms with van der Waals surface area (Å²) in [5.41, 5.74) is 1.82. The van der Waals surface area contributed by atoms with Crippen molar-refractivity contribution in [2.24, 2.45) is 0 Å². The van der Waals surface area contributed by atoms with Crippen LogP contribution < -0.4 is 14.8 Å². The fourth-order valence-electron chi connectivity index (χ4n) is 3.55. The van der Waals surface area contributed by atoms with Crippen molar-refractivity contribution in [3.63, 3.8) is 0 Å². The molecule has 2 aromatic heterocycles. The molecule has 2 N–H and O–H groups in total. The number of rotatable bonds is 6. The summed E-state index contributed by atoms with van der Waals surface area (Å²) in [6, 6.07) is 14.6. The molecule has 0 fully saturated rings. The Hall–Kier alpha value is -4.25. The molecule has 0 spiro atoms. The first-order chi connectivity index (χ1) is 16.4. The van der Waals surface area contributed by atoms with Crippen LogP contribution in [0.15, 0.2) is 71.9 Å². The summed E-state index contributed by atoms with van der Waals surface area (Å²) in [5.74, 6) is 1.85. The van der Waals surface area contributed by atoms with Gasteiger partial charge in [0.25, 0.3) is 10.0 Å². The summed E-state index contributed by atoms with van der Waals surface area (Å²) in [6.45, 7) is 1.76. The van der Waals surface area contributed by atoms with E-state index in [-0.39, 0.29) is 10.8 Å². The van der Waals surface area contributed by atoms with Gasteiger partial charge in [0.2, 0.25) is 11.8 Å². The summed E-state index contributed by atoms with van der Waals surface area (Å²) in [6.07, 6.45) is 4.26. The molecule has 0 saturated carbocycles. The predicted octanol–water partition coefficient (Wildman–Crippen LogP) is 3.45. The second-order valence-electron chi connectivity index (χ2n) is 7.66. The first-order valence-corrected chi connectivity index (χ1v) is 11.9. The number of anilines is 2. The van der Waals surface area contributed by atoms with Gasteiger partial charge in [-0.15, -0.1) is 0 Å². The van der Waals surface area contributed by atoms with Crippen molar-refractivity contribution in [3.8, 4) is 17.4 Å². The third-order valence-corrected chi connectivity index (χ3v) is 6.53. The van der Waals surface area contributed by atoms with Crippen molar-refractivity contribution >= 4 is 27.3 Å². The number of aryl methyl sites for hydroxylation is 2. The zero-order valence-corrected chi connectivity index (χ0v) is 18.9. The highest BCUT2D eigenvalue weighted by Gasteiger charge is 2.20. The van der Waals surface area contributed by atoms with Gasteiger partial charge in [-0.05, 0) is 67.4 Å². The number of ether oxygens (including phenoxy) is 1. The largest absolute Gasteiger partial charge is 0.439 e. The molecule has 3 heterocycles. The highest BCUT2D eigenvalue weighted by atomic mass is 32.2. The molecule has 34 heavy (non-hydrogen) atoms. The molecule has 4 aromatic rings. The number of carbonyl (C=O) groups is 1. The van der Waals surface area contributed by atoms with Crippen LogP contribution in [0.25, 0.3) is 5.82 Å². The molecule has 11 heteroatoms. The van der Waals surface area contributed by atoms with E-state index in [4.69, 9.17) is 4.74 Å². The van der Waals surface area contributed by atoms with E-state index >= 15 is 0 Å². The van der Waals surface area contributed by atoms with E-state index in [0.717, 1.165) is 5.56 Å². The lowest BCUT2D eigenvalue weighted by molar-refractivity contribution is -0.116. The Labute approximate surface area is 195 Å². The molecule has 5 rings (SSSR count). The normalized spacial score (nSPS) is 13.1. The Morgan fingerprint density at radius 1 is 1.06 bits per heavy atom. The van der Waals surface area contributed by atoms with Gasteiger partial charge < -0.3 is 10.1 Å². The number of aromatic nitrogens is 4. The Bertz CT molecular complexity index is 1470. The molecule has 0 bridgehead atoms. The topological polar surface area (TPSA) is 128 Å². The van der Waals surface area contributed by atoms with E-state index in [2.05, 4.69) is 25.1 Å². The van der Waals surface area contributed by atoms with Crippen LogP contribution in [0.2, 0.25) is 0 Å². The Balaban J connectivity index is 1.31. The minimum atomic E-state index is -3.80. The zero-order chi connectivity index (χ0) is 23.7. The number of benzene rings is 2. The summed E-state index contributed by atoms with van der Waals surface area (Å²) < 4.78 is 35.7. The van der Waals surface area contributed by atoms with Crippen molar-refractivity contribution in [3.05, 3.63) is 78.4 Å². The minimum Gasteiger partial charge on any atom is -0.439 e.